The highest BCUT2D eigenvalue weighted by Gasteiger charge is 2.23. The predicted molar refractivity (Wildman–Crippen MR) is 84.5 cm³/mol. The largest absolute Gasteiger partial charge is 0.447 e. The lowest BCUT2D eigenvalue weighted by molar-refractivity contribution is -0.121. The summed E-state index contributed by atoms with van der Waals surface area (Å²) in [6.45, 7) is 5.35. The zero-order valence-corrected chi connectivity index (χ0v) is 12.9. The van der Waals surface area contributed by atoms with Gasteiger partial charge in [-0.3, -0.25) is 9.69 Å². The van der Waals surface area contributed by atoms with Crippen LogP contribution >= 0.6 is 0 Å². The summed E-state index contributed by atoms with van der Waals surface area (Å²) in [7, 11) is 0. The first-order chi connectivity index (χ1) is 10.6. The van der Waals surface area contributed by atoms with Crippen molar-refractivity contribution in [2.45, 2.75) is 20.3 Å². The van der Waals surface area contributed by atoms with Crippen molar-refractivity contribution < 1.29 is 14.3 Å². The Hall–Kier alpha value is -2.48. The van der Waals surface area contributed by atoms with Crippen molar-refractivity contribution in [1.82, 2.24) is 5.32 Å². The van der Waals surface area contributed by atoms with E-state index in [9.17, 15) is 9.59 Å². The molecular formula is C17H20N2O3. The Morgan fingerprint density at radius 1 is 1.36 bits per heavy atom. The second kappa shape index (κ2) is 7.51. The molecule has 0 aliphatic carbocycles. The fraction of sp³-hybridized carbons (Fsp3) is 0.412. The third-order valence-corrected chi connectivity index (χ3v) is 3.14. The van der Waals surface area contributed by atoms with E-state index < -0.39 is 0 Å². The maximum Gasteiger partial charge on any atom is 0.414 e. The summed E-state index contributed by atoms with van der Waals surface area (Å²) in [5, 5.41) is 2.76. The first-order valence-corrected chi connectivity index (χ1v) is 7.36. The lowest BCUT2D eigenvalue weighted by atomic mass is 10.1. The van der Waals surface area contributed by atoms with Crippen LogP contribution in [0.5, 0.6) is 0 Å². The SMILES string of the molecule is CC(C)CC(=O)NCC#Cc1ccc(N2CCOC2=O)cc1. The quantitative estimate of drug-likeness (QED) is 0.867. The second-order valence-electron chi connectivity index (χ2n) is 5.49. The molecule has 0 radical (unpaired) electrons. The maximum absolute atomic E-state index is 11.5. The third-order valence-electron chi connectivity index (χ3n) is 3.14. The van der Waals surface area contributed by atoms with Crippen LogP contribution in [-0.4, -0.2) is 31.7 Å². The molecule has 1 fully saturated rings. The monoisotopic (exact) mass is 300 g/mol. The van der Waals surface area contributed by atoms with Crippen molar-refractivity contribution in [3.63, 3.8) is 0 Å². The number of hydrogen-bond acceptors (Lipinski definition) is 3. The minimum absolute atomic E-state index is 0.0205. The lowest BCUT2D eigenvalue weighted by Crippen LogP contribution is -2.24. The van der Waals surface area contributed by atoms with Gasteiger partial charge in [-0.25, -0.2) is 4.79 Å². The molecule has 0 saturated carbocycles. The average Bonchev–Trinajstić information content (AvgIpc) is 2.90. The molecule has 1 aromatic carbocycles. The molecule has 1 N–H and O–H groups in total. The Morgan fingerprint density at radius 3 is 2.68 bits per heavy atom. The van der Waals surface area contributed by atoms with E-state index >= 15 is 0 Å². The van der Waals surface area contributed by atoms with Crippen LogP contribution in [0.1, 0.15) is 25.8 Å². The highest BCUT2D eigenvalue weighted by atomic mass is 16.6. The van der Waals surface area contributed by atoms with E-state index in [1.807, 2.05) is 38.1 Å². The molecule has 0 unspecified atom stereocenters. The third kappa shape index (κ3) is 4.52. The number of cyclic esters (lactones) is 1. The summed E-state index contributed by atoms with van der Waals surface area (Å²) in [5.74, 6) is 6.27. The first-order valence-electron chi connectivity index (χ1n) is 7.36. The summed E-state index contributed by atoms with van der Waals surface area (Å²) in [6, 6.07) is 7.38. The van der Waals surface area contributed by atoms with Gasteiger partial charge in [0, 0.05) is 17.7 Å². The number of carbonyl (C=O) groups is 2. The average molecular weight is 300 g/mol. The van der Waals surface area contributed by atoms with Gasteiger partial charge in [0.1, 0.15) is 6.61 Å². The molecule has 22 heavy (non-hydrogen) atoms. The van der Waals surface area contributed by atoms with Gasteiger partial charge >= 0.3 is 6.09 Å². The molecule has 0 spiro atoms. The van der Waals surface area contributed by atoms with Crippen LogP contribution in [0.3, 0.4) is 0 Å². The number of hydrogen-bond donors (Lipinski definition) is 1. The van der Waals surface area contributed by atoms with E-state index in [4.69, 9.17) is 4.74 Å². The van der Waals surface area contributed by atoms with Crippen molar-refractivity contribution in [3.8, 4) is 11.8 Å². The van der Waals surface area contributed by atoms with Crippen molar-refractivity contribution in [2.24, 2.45) is 5.92 Å². The zero-order valence-electron chi connectivity index (χ0n) is 12.9. The minimum atomic E-state index is -0.313. The van der Waals surface area contributed by atoms with Crippen molar-refractivity contribution in [2.75, 3.05) is 24.6 Å². The number of nitrogens with one attached hydrogen (secondary N) is 1. The Kier molecular flexibility index (Phi) is 5.42. The molecule has 5 heteroatoms. The molecule has 0 bridgehead atoms. The fourth-order valence-corrected chi connectivity index (χ4v) is 2.08. The number of anilines is 1. The van der Waals surface area contributed by atoms with Gasteiger partial charge in [-0.05, 0) is 30.2 Å². The van der Waals surface area contributed by atoms with Crippen molar-refractivity contribution in [1.29, 1.82) is 0 Å². The van der Waals surface area contributed by atoms with Crippen LogP contribution < -0.4 is 10.2 Å². The molecule has 0 aromatic heterocycles. The van der Waals surface area contributed by atoms with Gasteiger partial charge in [0.05, 0.1) is 13.1 Å². The van der Waals surface area contributed by atoms with Crippen LogP contribution in [0.15, 0.2) is 24.3 Å². The molecule has 116 valence electrons. The smallest absolute Gasteiger partial charge is 0.414 e. The Bertz CT molecular complexity index is 597. The summed E-state index contributed by atoms with van der Waals surface area (Å²) >= 11 is 0. The van der Waals surface area contributed by atoms with Crippen LogP contribution in [0.2, 0.25) is 0 Å². The molecule has 1 heterocycles. The normalized spacial score (nSPS) is 13.6. The Morgan fingerprint density at radius 2 is 2.09 bits per heavy atom. The van der Waals surface area contributed by atoms with Crippen molar-refractivity contribution >= 4 is 17.7 Å². The highest BCUT2D eigenvalue weighted by Crippen LogP contribution is 2.18. The van der Waals surface area contributed by atoms with Crippen LogP contribution in [-0.2, 0) is 9.53 Å². The molecular weight excluding hydrogens is 280 g/mol. The molecule has 2 amide bonds. The van der Waals surface area contributed by atoms with Crippen LogP contribution in [0.25, 0.3) is 0 Å². The molecule has 1 saturated heterocycles. The summed E-state index contributed by atoms with van der Waals surface area (Å²) in [5.41, 5.74) is 1.65. The standard InChI is InChI=1S/C17H20N2O3/c1-13(2)12-16(20)18-9-3-4-14-5-7-15(8-6-14)19-10-11-22-17(19)21/h5-8,13H,9-12H2,1-2H3,(H,18,20). The van der Waals surface area contributed by atoms with Crippen LogP contribution in [0, 0.1) is 17.8 Å². The first kappa shape index (κ1) is 15.9. The van der Waals surface area contributed by atoms with E-state index in [0.717, 1.165) is 11.3 Å². The summed E-state index contributed by atoms with van der Waals surface area (Å²) in [6.07, 6.45) is 0.203. The van der Waals surface area contributed by atoms with E-state index in [-0.39, 0.29) is 12.0 Å². The zero-order chi connectivity index (χ0) is 15.9. The predicted octanol–water partition coefficient (Wildman–Crippen LogP) is 2.16. The molecule has 1 aliphatic rings. The van der Waals surface area contributed by atoms with Gasteiger partial charge in [0.15, 0.2) is 0 Å². The van der Waals surface area contributed by atoms with Crippen molar-refractivity contribution in [3.05, 3.63) is 29.8 Å². The number of rotatable bonds is 4. The van der Waals surface area contributed by atoms with Gasteiger partial charge in [-0.15, -0.1) is 0 Å². The summed E-state index contributed by atoms with van der Waals surface area (Å²) in [4.78, 5) is 24.5. The number of amides is 2. The topological polar surface area (TPSA) is 58.6 Å². The second-order valence-corrected chi connectivity index (χ2v) is 5.49. The molecule has 1 aliphatic heterocycles. The summed E-state index contributed by atoms with van der Waals surface area (Å²) < 4.78 is 4.90. The van der Waals surface area contributed by atoms with E-state index in [0.29, 0.717) is 32.0 Å². The van der Waals surface area contributed by atoms with E-state index in [2.05, 4.69) is 17.2 Å². The molecule has 0 atom stereocenters. The number of nitrogens with zero attached hydrogens (tertiary/aromatic N) is 1. The van der Waals surface area contributed by atoms with Crippen LogP contribution in [0.4, 0.5) is 10.5 Å². The van der Waals surface area contributed by atoms with Gasteiger partial charge < -0.3 is 10.1 Å². The van der Waals surface area contributed by atoms with Gasteiger partial charge in [-0.2, -0.15) is 0 Å². The highest BCUT2D eigenvalue weighted by molar-refractivity contribution is 5.89. The Balaban J connectivity index is 1.85. The number of carbonyl (C=O) groups excluding carboxylic acids is 2. The maximum atomic E-state index is 11.5. The molecule has 2 rings (SSSR count). The van der Waals surface area contributed by atoms with Gasteiger partial charge in [0.2, 0.25) is 5.91 Å². The fourth-order valence-electron chi connectivity index (χ4n) is 2.08. The number of ether oxygens (including phenoxy) is 1. The van der Waals surface area contributed by atoms with Gasteiger partial charge in [-0.1, -0.05) is 25.7 Å². The lowest BCUT2D eigenvalue weighted by Gasteiger charge is -2.11. The van der Waals surface area contributed by atoms with E-state index in [1.165, 1.54) is 0 Å². The van der Waals surface area contributed by atoms with Gasteiger partial charge in [0.25, 0.3) is 0 Å². The molecule has 1 aromatic rings. The molecule has 5 nitrogen and oxygen atoms in total. The van der Waals surface area contributed by atoms with E-state index in [1.54, 1.807) is 4.90 Å². The number of benzene rings is 1. The minimum Gasteiger partial charge on any atom is -0.447 e. The Labute approximate surface area is 130 Å².